The molecular weight excluding hydrogens is 302 g/mol. The van der Waals surface area contributed by atoms with Gasteiger partial charge in [0, 0.05) is 24.8 Å². The normalized spacial score (nSPS) is 11.1. The zero-order valence-electron chi connectivity index (χ0n) is 14.0. The van der Waals surface area contributed by atoms with Crippen molar-refractivity contribution in [3.8, 4) is 5.75 Å². The summed E-state index contributed by atoms with van der Waals surface area (Å²) in [4.78, 5) is 19.0. The second kappa shape index (κ2) is 7.27. The van der Waals surface area contributed by atoms with Crippen LogP contribution in [0.15, 0.2) is 59.4 Å². The molecule has 0 radical (unpaired) electrons. The summed E-state index contributed by atoms with van der Waals surface area (Å²) in [6.45, 7) is 3.86. The van der Waals surface area contributed by atoms with Gasteiger partial charge in [0.15, 0.2) is 0 Å². The number of likely N-dealkylation sites (N-methyl/N-ethyl adjacent to an activating group) is 1. The largest absolute Gasteiger partial charge is 0.492 e. The van der Waals surface area contributed by atoms with Crippen LogP contribution < -0.4 is 10.3 Å². The molecule has 0 saturated heterocycles. The highest BCUT2D eigenvalue weighted by atomic mass is 16.5. The predicted molar refractivity (Wildman–Crippen MR) is 94.5 cm³/mol. The average molecular weight is 323 g/mol. The van der Waals surface area contributed by atoms with Crippen molar-refractivity contribution >= 4 is 5.65 Å². The van der Waals surface area contributed by atoms with E-state index in [1.165, 1.54) is 0 Å². The molecule has 0 aliphatic rings. The van der Waals surface area contributed by atoms with Crippen molar-refractivity contribution in [2.24, 2.45) is 0 Å². The van der Waals surface area contributed by atoms with Crippen molar-refractivity contribution in [3.63, 3.8) is 0 Å². The molecule has 0 aliphatic heterocycles. The Bertz CT molecular complexity index is 875. The molecule has 0 saturated carbocycles. The summed E-state index contributed by atoms with van der Waals surface area (Å²) in [5, 5.41) is 0. The zero-order chi connectivity index (χ0) is 16.9. The van der Waals surface area contributed by atoms with Gasteiger partial charge in [-0.15, -0.1) is 0 Å². The quantitative estimate of drug-likeness (QED) is 0.699. The van der Waals surface area contributed by atoms with Crippen LogP contribution in [-0.4, -0.2) is 34.5 Å². The average Bonchev–Trinajstić information content (AvgIpc) is 2.55. The summed E-state index contributed by atoms with van der Waals surface area (Å²) >= 11 is 0. The molecule has 124 valence electrons. The molecule has 2 aromatic heterocycles. The third kappa shape index (κ3) is 3.81. The maximum absolute atomic E-state index is 12.3. The second-order valence-electron chi connectivity index (χ2n) is 5.85. The van der Waals surface area contributed by atoms with Crippen LogP contribution in [-0.2, 0) is 6.54 Å². The SMILES string of the molecule is Cc1cccc2nc(CN(C)CCOc3ccccc3)cc(=O)n12. The molecule has 3 rings (SSSR count). The standard InChI is InChI=1S/C19H21N3O2/c1-15-7-6-10-18-20-16(13-19(23)22(15)18)14-21(2)11-12-24-17-8-4-3-5-9-17/h3-10,13H,11-12,14H2,1-2H3. The van der Waals surface area contributed by atoms with Crippen LogP contribution in [0.25, 0.3) is 5.65 Å². The molecule has 2 heterocycles. The number of aryl methyl sites for hydroxylation is 1. The molecule has 5 nitrogen and oxygen atoms in total. The molecule has 5 heteroatoms. The minimum Gasteiger partial charge on any atom is -0.492 e. The Morgan fingerprint density at radius 2 is 1.92 bits per heavy atom. The summed E-state index contributed by atoms with van der Waals surface area (Å²) in [6, 6.07) is 17.0. The van der Waals surface area contributed by atoms with Gasteiger partial charge in [0.05, 0.1) is 5.69 Å². The summed E-state index contributed by atoms with van der Waals surface area (Å²) < 4.78 is 7.32. The van der Waals surface area contributed by atoms with E-state index in [0.717, 1.165) is 23.7 Å². The topological polar surface area (TPSA) is 46.8 Å². The molecule has 0 aliphatic carbocycles. The van der Waals surface area contributed by atoms with Gasteiger partial charge in [-0.05, 0) is 38.2 Å². The number of hydrogen-bond acceptors (Lipinski definition) is 4. The maximum Gasteiger partial charge on any atom is 0.258 e. The minimum absolute atomic E-state index is 0.0398. The summed E-state index contributed by atoms with van der Waals surface area (Å²) in [6.07, 6.45) is 0. The molecule has 0 amide bonds. The van der Waals surface area contributed by atoms with E-state index in [0.29, 0.717) is 18.8 Å². The molecule has 3 aromatic rings. The first-order valence-corrected chi connectivity index (χ1v) is 7.98. The van der Waals surface area contributed by atoms with E-state index in [9.17, 15) is 4.79 Å². The molecule has 0 bridgehead atoms. The highest BCUT2D eigenvalue weighted by Gasteiger charge is 2.07. The lowest BCUT2D eigenvalue weighted by atomic mass is 10.3. The number of nitrogens with zero attached hydrogens (tertiary/aromatic N) is 3. The lowest BCUT2D eigenvalue weighted by Crippen LogP contribution is -2.26. The first-order chi connectivity index (χ1) is 11.6. The van der Waals surface area contributed by atoms with Crippen molar-refractivity contribution in [2.75, 3.05) is 20.2 Å². The van der Waals surface area contributed by atoms with E-state index in [4.69, 9.17) is 4.74 Å². The van der Waals surface area contributed by atoms with Gasteiger partial charge in [0.25, 0.3) is 5.56 Å². The van der Waals surface area contributed by atoms with E-state index >= 15 is 0 Å². The van der Waals surface area contributed by atoms with Crippen LogP contribution in [0, 0.1) is 6.92 Å². The Hall–Kier alpha value is -2.66. The Morgan fingerprint density at radius 3 is 2.71 bits per heavy atom. The lowest BCUT2D eigenvalue weighted by Gasteiger charge is -2.17. The number of ether oxygens (including phenoxy) is 1. The maximum atomic E-state index is 12.3. The highest BCUT2D eigenvalue weighted by molar-refractivity contribution is 5.40. The van der Waals surface area contributed by atoms with Crippen molar-refractivity contribution < 1.29 is 4.74 Å². The molecule has 1 aromatic carbocycles. The number of fused-ring (bicyclic) bond motifs is 1. The first-order valence-electron chi connectivity index (χ1n) is 7.98. The van der Waals surface area contributed by atoms with E-state index in [1.807, 2.05) is 62.5 Å². The van der Waals surface area contributed by atoms with Crippen LogP contribution in [0.4, 0.5) is 0 Å². The Labute approximate surface area is 141 Å². The number of hydrogen-bond donors (Lipinski definition) is 0. The first kappa shape index (κ1) is 16.2. The van der Waals surface area contributed by atoms with Gasteiger partial charge in [-0.3, -0.25) is 14.1 Å². The molecule has 0 spiro atoms. The second-order valence-corrected chi connectivity index (χ2v) is 5.85. The molecule has 24 heavy (non-hydrogen) atoms. The van der Waals surface area contributed by atoms with Gasteiger partial charge < -0.3 is 4.74 Å². The number of rotatable bonds is 6. The third-order valence-electron chi connectivity index (χ3n) is 3.85. The van der Waals surface area contributed by atoms with Crippen LogP contribution in [0.1, 0.15) is 11.4 Å². The molecule has 0 fully saturated rings. The van der Waals surface area contributed by atoms with Gasteiger partial charge in [-0.2, -0.15) is 0 Å². The fourth-order valence-corrected chi connectivity index (χ4v) is 2.64. The number of pyridine rings is 1. The predicted octanol–water partition coefficient (Wildman–Crippen LogP) is 2.51. The molecule has 0 N–H and O–H groups in total. The minimum atomic E-state index is -0.0398. The zero-order valence-corrected chi connectivity index (χ0v) is 14.0. The van der Waals surface area contributed by atoms with Gasteiger partial charge >= 0.3 is 0 Å². The molecular formula is C19H21N3O2. The van der Waals surface area contributed by atoms with Gasteiger partial charge in [-0.25, -0.2) is 4.98 Å². The Kier molecular flexibility index (Phi) is 4.91. The fourth-order valence-electron chi connectivity index (χ4n) is 2.64. The van der Waals surface area contributed by atoms with E-state index in [2.05, 4.69) is 9.88 Å². The van der Waals surface area contributed by atoms with Gasteiger partial charge in [-0.1, -0.05) is 24.3 Å². The number of para-hydroxylation sites is 1. The summed E-state index contributed by atoms with van der Waals surface area (Å²) in [5.74, 6) is 0.864. The summed E-state index contributed by atoms with van der Waals surface area (Å²) in [5.41, 5.74) is 2.31. The fraction of sp³-hybridized carbons (Fsp3) is 0.263. The molecule has 0 unspecified atom stereocenters. The van der Waals surface area contributed by atoms with E-state index in [1.54, 1.807) is 10.5 Å². The summed E-state index contributed by atoms with van der Waals surface area (Å²) in [7, 11) is 1.99. The third-order valence-corrected chi connectivity index (χ3v) is 3.85. The van der Waals surface area contributed by atoms with Crippen molar-refractivity contribution in [1.29, 1.82) is 0 Å². The van der Waals surface area contributed by atoms with Crippen LogP contribution in [0.2, 0.25) is 0 Å². The van der Waals surface area contributed by atoms with Gasteiger partial charge in [0.2, 0.25) is 0 Å². The number of benzene rings is 1. The van der Waals surface area contributed by atoms with Crippen LogP contribution in [0.5, 0.6) is 5.75 Å². The number of aromatic nitrogens is 2. The lowest BCUT2D eigenvalue weighted by molar-refractivity contribution is 0.231. The van der Waals surface area contributed by atoms with Crippen molar-refractivity contribution in [2.45, 2.75) is 13.5 Å². The van der Waals surface area contributed by atoms with Crippen molar-refractivity contribution in [3.05, 3.63) is 76.3 Å². The van der Waals surface area contributed by atoms with Crippen LogP contribution >= 0.6 is 0 Å². The van der Waals surface area contributed by atoms with Gasteiger partial charge in [0.1, 0.15) is 18.0 Å². The van der Waals surface area contributed by atoms with E-state index in [-0.39, 0.29) is 5.56 Å². The van der Waals surface area contributed by atoms with Crippen LogP contribution in [0.3, 0.4) is 0 Å². The Morgan fingerprint density at radius 1 is 1.12 bits per heavy atom. The molecule has 0 atom stereocenters. The Balaban J connectivity index is 1.63. The monoisotopic (exact) mass is 323 g/mol. The highest BCUT2D eigenvalue weighted by Crippen LogP contribution is 2.08. The van der Waals surface area contributed by atoms with Crippen molar-refractivity contribution in [1.82, 2.24) is 14.3 Å². The smallest absolute Gasteiger partial charge is 0.258 e. The van der Waals surface area contributed by atoms with E-state index < -0.39 is 0 Å².